The van der Waals surface area contributed by atoms with Crippen LogP contribution in [-0.4, -0.2) is 35.9 Å². The standard InChI is InChI=1S/C25H34N2O3/c1-6-22(25(29)26-7-2)27(16-20-12-10-11-19(5)15-20)24(28)17-30-23-14-9-8-13-21(23)18(3)4/h8-15,18,22H,6-7,16-17H2,1-5H3,(H,26,29). The van der Waals surface area contributed by atoms with Gasteiger partial charge in [-0.25, -0.2) is 0 Å². The molecule has 0 bridgehead atoms. The highest BCUT2D eigenvalue weighted by Gasteiger charge is 2.28. The fourth-order valence-corrected chi connectivity index (χ4v) is 3.53. The Hall–Kier alpha value is -2.82. The Morgan fingerprint density at radius 2 is 1.80 bits per heavy atom. The van der Waals surface area contributed by atoms with Crippen molar-refractivity contribution < 1.29 is 14.3 Å². The van der Waals surface area contributed by atoms with E-state index in [1.165, 1.54) is 0 Å². The molecule has 0 aliphatic carbocycles. The Morgan fingerprint density at radius 1 is 1.07 bits per heavy atom. The predicted molar refractivity (Wildman–Crippen MR) is 121 cm³/mol. The van der Waals surface area contributed by atoms with Gasteiger partial charge in [-0.2, -0.15) is 0 Å². The number of likely N-dealkylation sites (N-methyl/N-ethyl adjacent to an activating group) is 1. The minimum Gasteiger partial charge on any atom is -0.483 e. The second-order valence-corrected chi connectivity index (χ2v) is 7.81. The van der Waals surface area contributed by atoms with Crippen LogP contribution in [0.25, 0.3) is 0 Å². The SMILES string of the molecule is CCNC(=O)C(CC)N(Cc1cccc(C)c1)C(=O)COc1ccccc1C(C)C. The number of para-hydroxylation sites is 1. The first-order valence-corrected chi connectivity index (χ1v) is 10.7. The summed E-state index contributed by atoms with van der Waals surface area (Å²) in [6, 6.07) is 15.2. The smallest absolute Gasteiger partial charge is 0.261 e. The molecule has 1 N–H and O–H groups in total. The first-order chi connectivity index (χ1) is 14.4. The Morgan fingerprint density at radius 3 is 2.43 bits per heavy atom. The average Bonchev–Trinajstić information content (AvgIpc) is 2.72. The van der Waals surface area contributed by atoms with Crippen molar-refractivity contribution in [3.05, 3.63) is 65.2 Å². The highest BCUT2D eigenvalue weighted by atomic mass is 16.5. The van der Waals surface area contributed by atoms with Crippen LogP contribution in [0.1, 0.15) is 56.7 Å². The van der Waals surface area contributed by atoms with Gasteiger partial charge < -0.3 is 15.0 Å². The molecular formula is C25H34N2O3. The molecule has 2 rings (SSSR count). The van der Waals surface area contributed by atoms with Crippen molar-refractivity contribution in [1.82, 2.24) is 10.2 Å². The molecule has 2 aromatic carbocycles. The highest BCUT2D eigenvalue weighted by molar-refractivity contribution is 5.88. The number of nitrogens with zero attached hydrogens (tertiary/aromatic N) is 1. The van der Waals surface area contributed by atoms with Crippen molar-refractivity contribution in [2.75, 3.05) is 13.2 Å². The molecule has 0 aromatic heterocycles. The monoisotopic (exact) mass is 410 g/mol. The van der Waals surface area contributed by atoms with E-state index in [-0.39, 0.29) is 18.4 Å². The summed E-state index contributed by atoms with van der Waals surface area (Å²) in [7, 11) is 0. The lowest BCUT2D eigenvalue weighted by atomic mass is 10.0. The summed E-state index contributed by atoms with van der Waals surface area (Å²) in [5.74, 6) is 0.664. The summed E-state index contributed by atoms with van der Waals surface area (Å²) in [6.07, 6.45) is 0.534. The van der Waals surface area contributed by atoms with Gasteiger partial charge >= 0.3 is 0 Å². The number of hydrogen-bond donors (Lipinski definition) is 1. The van der Waals surface area contributed by atoms with E-state index in [0.717, 1.165) is 16.7 Å². The zero-order chi connectivity index (χ0) is 22.1. The molecule has 5 heteroatoms. The van der Waals surface area contributed by atoms with Crippen molar-refractivity contribution >= 4 is 11.8 Å². The van der Waals surface area contributed by atoms with Gasteiger partial charge in [-0.3, -0.25) is 9.59 Å². The second kappa shape index (κ2) is 11.4. The Labute approximate surface area is 180 Å². The van der Waals surface area contributed by atoms with E-state index in [0.29, 0.717) is 31.2 Å². The van der Waals surface area contributed by atoms with Gasteiger partial charge in [0, 0.05) is 13.1 Å². The largest absolute Gasteiger partial charge is 0.483 e. The molecule has 0 aliphatic heterocycles. The Balaban J connectivity index is 2.24. The van der Waals surface area contributed by atoms with Gasteiger partial charge in [0.1, 0.15) is 11.8 Å². The molecule has 0 fully saturated rings. The zero-order valence-electron chi connectivity index (χ0n) is 18.8. The lowest BCUT2D eigenvalue weighted by Crippen LogP contribution is -2.50. The van der Waals surface area contributed by atoms with Gasteiger partial charge in [0.15, 0.2) is 6.61 Å². The molecule has 0 saturated heterocycles. The molecule has 1 unspecified atom stereocenters. The van der Waals surface area contributed by atoms with Crippen LogP contribution in [-0.2, 0) is 16.1 Å². The maximum absolute atomic E-state index is 13.2. The molecule has 0 aliphatic rings. The minimum absolute atomic E-state index is 0.106. The van der Waals surface area contributed by atoms with Gasteiger partial charge in [-0.05, 0) is 43.4 Å². The Bertz CT molecular complexity index is 848. The van der Waals surface area contributed by atoms with Crippen LogP contribution < -0.4 is 10.1 Å². The van der Waals surface area contributed by atoms with Gasteiger partial charge in [0.2, 0.25) is 5.91 Å². The third-order valence-electron chi connectivity index (χ3n) is 5.06. The lowest BCUT2D eigenvalue weighted by Gasteiger charge is -2.30. The van der Waals surface area contributed by atoms with E-state index in [1.54, 1.807) is 4.90 Å². The number of carbonyl (C=O) groups excluding carboxylic acids is 2. The molecule has 2 aromatic rings. The van der Waals surface area contributed by atoms with Crippen LogP contribution >= 0.6 is 0 Å². The summed E-state index contributed by atoms with van der Waals surface area (Å²) in [5.41, 5.74) is 3.17. The van der Waals surface area contributed by atoms with Crippen molar-refractivity contribution in [2.24, 2.45) is 0 Å². The summed E-state index contributed by atoms with van der Waals surface area (Å²) in [6.45, 7) is 10.8. The average molecular weight is 411 g/mol. The highest BCUT2D eigenvalue weighted by Crippen LogP contribution is 2.26. The van der Waals surface area contributed by atoms with Crippen molar-refractivity contribution in [3.8, 4) is 5.75 Å². The minimum atomic E-state index is -0.540. The topological polar surface area (TPSA) is 58.6 Å². The summed E-state index contributed by atoms with van der Waals surface area (Å²) >= 11 is 0. The van der Waals surface area contributed by atoms with Crippen molar-refractivity contribution in [1.29, 1.82) is 0 Å². The van der Waals surface area contributed by atoms with E-state index in [4.69, 9.17) is 4.74 Å². The van der Waals surface area contributed by atoms with Crippen molar-refractivity contribution in [3.63, 3.8) is 0 Å². The van der Waals surface area contributed by atoms with E-state index >= 15 is 0 Å². The molecule has 0 spiro atoms. The molecule has 5 nitrogen and oxygen atoms in total. The van der Waals surface area contributed by atoms with Crippen LogP contribution in [0.15, 0.2) is 48.5 Å². The molecule has 1 atom stereocenters. The normalized spacial score (nSPS) is 11.8. The van der Waals surface area contributed by atoms with Crippen LogP contribution in [0.4, 0.5) is 0 Å². The Kier molecular flexibility index (Phi) is 8.90. The predicted octanol–water partition coefficient (Wildman–Crippen LogP) is 4.44. The number of benzene rings is 2. The number of rotatable bonds is 10. The van der Waals surface area contributed by atoms with Gasteiger partial charge in [-0.1, -0.05) is 68.8 Å². The third-order valence-corrected chi connectivity index (χ3v) is 5.06. The van der Waals surface area contributed by atoms with E-state index in [2.05, 4.69) is 19.2 Å². The first kappa shape index (κ1) is 23.5. The summed E-state index contributed by atoms with van der Waals surface area (Å²) in [4.78, 5) is 27.5. The lowest BCUT2D eigenvalue weighted by molar-refractivity contribution is -0.142. The zero-order valence-corrected chi connectivity index (χ0v) is 18.8. The van der Waals surface area contributed by atoms with Gasteiger partial charge in [0.05, 0.1) is 0 Å². The first-order valence-electron chi connectivity index (χ1n) is 10.7. The number of nitrogens with one attached hydrogen (secondary N) is 1. The summed E-state index contributed by atoms with van der Waals surface area (Å²) < 4.78 is 5.91. The molecule has 0 heterocycles. The van der Waals surface area contributed by atoms with E-state index in [9.17, 15) is 9.59 Å². The van der Waals surface area contributed by atoms with E-state index in [1.807, 2.05) is 69.3 Å². The third kappa shape index (κ3) is 6.34. The van der Waals surface area contributed by atoms with Crippen LogP contribution in [0.2, 0.25) is 0 Å². The quantitative estimate of drug-likeness (QED) is 0.630. The van der Waals surface area contributed by atoms with Crippen LogP contribution in [0.3, 0.4) is 0 Å². The maximum atomic E-state index is 13.2. The number of aryl methyl sites for hydroxylation is 1. The second-order valence-electron chi connectivity index (χ2n) is 7.81. The fraction of sp³-hybridized carbons (Fsp3) is 0.440. The molecular weight excluding hydrogens is 376 g/mol. The number of hydrogen-bond acceptors (Lipinski definition) is 3. The number of carbonyl (C=O) groups is 2. The molecule has 0 saturated carbocycles. The molecule has 162 valence electrons. The van der Waals surface area contributed by atoms with Crippen LogP contribution in [0, 0.1) is 6.92 Å². The van der Waals surface area contributed by atoms with Gasteiger partial charge in [0.25, 0.3) is 5.91 Å². The van der Waals surface area contributed by atoms with Crippen LogP contribution in [0.5, 0.6) is 5.75 Å². The van der Waals surface area contributed by atoms with Crippen molar-refractivity contribution in [2.45, 2.75) is 59.5 Å². The molecule has 30 heavy (non-hydrogen) atoms. The summed E-state index contributed by atoms with van der Waals surface area (Å²) in [5, 5.41) is 2.85. The fourth-order valence-electron chi connectivity index (χ4n) is 3.53. The number of amides is 2. The molecule has 2 amide bonds. The number of ether oxygens (including phenoxy) is 1. The molecule has 0 radical (unpaired) electrons. The van der Waals surface area contributed by atoms with E-state index < -0.39 is 6.04 Å². The van der Waals surface area contributed by atoms with Gasteiger partial charge in [-0.15, -0.1) is 0 Å². The maximum Gasteiger partial charge on any atom is 0.261 e.